The van der Waals surface area contributed by atoms with Gasteiger partial charge in [0.2, 0.25) is 5.88 Å². The molecule has 2 heterocycles. The van der Waals surface area contributed by atoms with Gasteiger partial charge in [-0.15, -0.1) is 4.36 Å². The summed E-state index contributed by atoms with van der Waals surface area (Å²) < 4.78 is 29.4. The Morgan fingerprint density at radius 3 is 3.07 bits per heavy atom. The summed E-state index contributed by atoms with van der Waals surface area (Å²) in [6.45, 7) is 2.98. The van der Waals surface area contributed by atoms with Crippen molar-refractivity contribution in [1.29, 1.82) is 0 Å². The molecule has 0 bridgehead atoms. The van der Waals surface area contributed by atoms with Crippen LogP contribution in [0.25, 0.3) is 0 Å². The van der Waals surface area contributed by atoms with Gasteiger partial charge in [-0.05, 0) is 53.9 Å². The van der Waals surface area contributed by atoms with Gasteiger partial charge in [0.15, 0.2) is 9.92 Å². The van der Waals surface area contributed by atoms with Crippen molar-refractivity contribution in [2.45, 2.75) is 56.1 Å². The fourth-order valence-electron chi connectivity index (χ4n) is 4.77. The van der Waals surface area contributed by atoms with Gasteiger partial charge >= 0.3 is 6.03 Å². The van der Waals surface area contributed by atoms with Gasteiger partial charge < -0.3 is 14.8 Å². The molecule has 3 N–H and O–H groups in total. The van der Waals surface area contributed by atoms with Gasteiger partial charge in [0, 0.05) is 12.8 Å². The molecule has 3 aliphatic rings. The second kappa shape index (κ2) is 7.07. The zero-order valence-electron chi connectivity index (χ0n) is 17.0. The number of nitrogens with zero attached hydrogens (tertiary/aromatic N) is 3. The van der Waals surface area contributed by atoms with Crippen molar-refractivity contribution in [3.8, 4) is 5.88 Å². The van der Waals surface area contributed by atoms with E-state index in [-0.39, 0.29) is 16.9 Å². The van der Waals surface area contributed by atoms with Gasteiger partial charge in [0.25, 0.3) is 0 Å². The molecule has 0 saturated carbocycles. The molecule has 2 amide bonds. The SMILES string of the molecule is COC[C@@H]1Cn2ncc([S@](N)(=O)=NC(=O)Nc3c4c(cc5c3[C@H](C)C5)CCC4)c2O1. The largest absolute Gasteiger partial charge is 0.469 e. The third-order valence-electron chi connectivity index (χ3n) is 6.08. The van der Waals surface area contributed by atoms with E-state index >= 15 is 0 Å². The highest BCUT2D eigenvalue weighted by molar-refractivity contribution is 7.91. The van der Waals surface area contributed by atoms with Crippen LogP contribution in [0.5, 0.6) is 5.88 Å². The fourth-order valence-corrected chi connectivity index (χ4v) is 5.76. The van der Waals surface area contributed by atoms with Crippen LogP contribution in [0.4, 0.5) is 10.5 Å². The highest BCUT2D eigenvalue weighted by atomic mass is 32.2. The molecule has 0 unspecified atom stereocenters. The normalized spacial score (nSPS) is 22.9. The lowest BCUT2D eigenvalue weighted by Gasteiger charge is -2.31. The van der Waals surface area contributed by atoms with E-state index in [0.717, 1.165) is 31.4 Å². The molecular formula is C20H25N5O4S. The van der Waals surface area contributed by atoms with E-state index in [1.165, 1.54) is 28.5 Å². The summed E-state index contributed by atoms with van der Waals surface area (Å²) in [5, 5.41) is 13.0. The fraction of sp³-hybridized carbons (Fsp3) is 0.500. The number of fused-ring (bicyclic) bond motifs is 3. The lowest BCUT2D eigenvalue weighted by atomic mass is 9.75. The second-order valence-corrected chi connectivity index (χ2v) is 9.96. The molecule has 1 aromatic heterocycles. The number of hydrogen-bond acceptors (Lipinski definition) is 5. The summed E-state index contributed by atoms with van der Waals surface area (Å²) in [7, 11) is -1.94. The third kappa shape index (κ3) is 3.10. The zero-order valence-corrected chi connectivity index (χ0v) is 17.8. The summed E-state index contributed by atoms with van der Waals surface area (Å²) >= 11 is 0. The lowest BCUT2D eigenvalue weighted by molar-refractivity contribution is 0.0920. The molecule has 0 spiro atoms. The first-order valence-electron chi connectivity index (χ1n) is 10.1. The van der Waals surface area contributed by atoms with Crippen LogP contribution in [-0.4, -0.2) is 39.8 Å². The lowest BCUT2D eigenvalue weighted by Crippen LogP contribution is -2.23. The van der Waals surface area contributed by atoms with Gasteiger partial charge in [-0.1, -0.05) is 13.0 Å². The van der Waals surface area contributed by atoms with E-state index in [9.17, 15) is 9.00 Å². The van der Waals surface area contributed by atoms with Gasteiger partial charge in [0.1, 0.15) is 11.0 Å². The van der Waals surface area contributed by atoms with Crippen LogP contribution in [0.2, 0.25) is 0 Å². The van der Waals surface area contributed by atoms with Crippen molar-refractivity contribution in [2.24, 2.45) is 9.50 Å². The number of anilines is 1. The Hall–Kier alpha value is -2.43. The van der Waals surface area contributed by atoms with Gasteiger partial charge in [0.05, 0.1) is 19.3 Å². The Kier molecular flexibility index (Phi) is 4.60. The zero-order chi connectivity index (χ0) is 21.0. The maximum Gasteiger partial charge on any atom is 0.354 e. The number of nitrogens with one attached hydrogen (secondary N) is 1. The minimum absolute atomic E-state index is 0.121. The van der Waals surface area contributed by atoms with Crippen molar-refractivity contribution in [2.75, 3.05) is 19.0 Å². The quantitative estimate of drug-likeness (QED) is 0.770. The number of aromatic nitrogens is 2. The topological polar surface area (TPSA) is 121 Å². The van der Waals surface area contributed by atoms with E-state index < -0.39 is 15.9 Å². The van der Waals surface area contributed by atoms with Crippen LogP contribution in [0.3, 0.4) is 0 Å². The number of amides is 2. The van der Waals surface area contributed by atoms with E-state index in [1.807, 2.05) is 0 Å². The summed E-state index contributed by atoms with van der Waals surface area (Å²) in [5.74, 6) is 0.660. The molecule has 160 valence electrons. The number of nitrogens with two attached hydrogens (primary N) is 1. The second-order valence-electron chi connectivity index (χ2n) is 8.20. The highest BCUT2D eigenvalue weighted by Gasteiger charge is 2.33. The van der Waals surface area contributed by atoms with Crippen LogP contribution < -0.4 is 15.2 Å². The maximum atomic E-state index is 13.1. The first kappa shape index (κ1) is 19.5. The van der Waals surface area contributed by atoms with Gasteiger partial charge in [-0.3, -0.25) is 0 Å². The number of urea groups is 1. The predicted molar refractivity (Wildman–Crippen MR) is 111 cm³/mol. The Bertz CT molecular complexity index is 1160. The van der Waals surface area contributed by atoms with Crippen molar-refractivity contribution < 1.29 is 18.5 Å². The predicted octanol–water partition coefficient (Wildman–Crippen LogP) is 2.37. The Labute approximate surface area is 175 Å². The Morgan fingerprint density at radius 2 is 2.30 bits per heavy atom. The van der Waals surface area contributed by atoms with Crippen molar-refractivity contribution in [3.05, 3.63) is 34.5 Å². The molecule has 9 nitrogen and oxygen atoms in total. The van der Waals surface area contributed by atoms with E-state index in [2.05, 4.69) is 27.8 Å². The number of benzene rings is 1. The molecule has 5 rings (SSSR count). The summed E-state index contributed by atoms with van der Waals surface area (Å²) in [6.07, 6.45) is 5.14. The smallest absolute Gasteiger partial charge is 0.354 e. The first-order valence-corrected chi connectivity index (χ1v) is 11.7. The van der Waals surface area contributed by atoms with Crippen molar-refractivity contribution >= 4 is 21.6 Å². The Morgan fingerprint density at radius 1 is 1.47 bits per heavy atom. The van der Waals surface area contributed by atoms with Crippen LogP contribution in [0.15, 0.2) is 21.5 Å². The molecule has 30 heavy (non-hydrogen) atoms. The van der Waals surface area contributed by atoms with Gasteiger partial charge in [-0.25, -0.2) is 18.8 Å². The van der Waals surface area contributed by atoms with E-state index in [4.69, 9.17) is 14.6 Å². The summed E-state index contributed by atoms with van der Waals surface area (Å²) in [5.41, 5.74) is 5.74. The summed E-state index contributed by atoms with van der Waals surface area (Å²) in [4.78, 5) is 12.9. The number of carbonyl (C=O) groups excluding carboxylic acids is 1. The van der Waals surface area contributed by atoms with E-state index in [1.54, 1.807) is 11.8 Å². The molecule has 3 atom stereocenters. The summed E-state index contributed by atoms with van der Waals surface area (Å²) in [6, 6.07) is 1.55. The number of carbonyl (C=O) groups is 1. The van der Waals surface area contributed by atoms with Crippen molar-refractivity contribution in [1.82, 2.24) is 9.78 Å². The minimum Gasteiger partial charge on any atom is -0.469 e. The molecule has 0 saturated heterocycles. The number of rotatable bonds is 4. The molecule has 1 aromatic carbocycles. The highest BCUT2D eigenvalue weighted by Crippen LogP contribution is 2.45. The average Bonchev–Trinajstić information content (AvgIpc) is 3.35. The molecule has 2 aliphatic carbocycles. The van der Waals surface area contributed by atoms with Crippen LogP contribution >= 0.6 is 0 Å². The molecule has 0 radical (unpaired) electrons. The number of ether oxygens (including phenoxy) is 2. The first-order chi connectivity index (χ1) is 14.4. The van der Waals surface area contributed by atoms with E-state index in [0.29, 0.717) is 19.1 Å². The molecule has 0 fully saturated rings. The van der Waals surface area contributed by atoms with Gasteiger partial charge in [-0.2, -0.15) is 5.10 Å². The number of hydrogen-bond donors (Lipinski definition) is 2. The van der Waals surface area contributed by atoms with Crippen LogP contribution in [0.1, 0.15) is 41.5 Å². The molecular weight excluding hydrogens is 406 g/mol. The minimum atomic E-state index is -3.52. The number of aryl methyl sites for hydroxylation is 1. The van der Waals surface area contributed by atoms with Crippen LogP contribution in [0, 0.1) is 0 Å². The standard InChI is InChI=1S/C20H25N5O4S/c1-11-6-13-7-12-4-3-5-15(12)18(17(11)13)23-20(26)24-30(21,27)16-8-22-25-9-14(10-28-2)29-19(16)25/h7-8,11,14H,3-6,9-10H2,1-2H3,(H3,21,23,24,26,27)/t11-,14+,30-/m1/s1. The monoisotopic (exact) mass is 431 g/mol. The molecule has 1 aliphatic heterocycles. The molecule has 10 heteroatoms. The maximum absolute atomic E-state index is 13.1. The average molecular weight is 432 g/mol. The third-order valence-corrected chi connectivity index (χ3v) is 7.42. The Balaban J connectivity index is 1.44. The molecule has 2 aromatic rings. The van der Waals surface area contributed by atoms with Crippen molar-refractivity contribution in [3.63, 3.8) is 0 Å². The van der Waals surface area contributed by atoms with Crippen LogP contribution in [-0.2, 0) is 40.5 Å². The number of methoxy groups -OCH3 is 1.